The highest BCUT2D eigenvalue weighted by Gasteiger charge is 2.17. The average molecular weight is 279 g/mol. The standard InChI is InChI=1S/C17H17N3O/c1-11(2)12-3-5-14(6-4-12)16-15(17(18)20-21-16)13-7-9-19-10-8-13/h3-11H,1-2H3,(H2,18,20). The summed E-state index contributed by atoms with van der Waals surface area (Å²) in [5.74, 6) is 1.58. The Morgan fingerprint density at radius 1 is 0.952 bits per heavy atom. The predicted molar refractivity (Wildman–Crippen MR) is 83.7 cm³/mol. The zero-order valence-electron chi connectivity index (χ0n) is 12.1. The molecule has 0 aliphatic carbocycles. The highest BCUT2D eigenvalue weighted by atomic mass is 16.5. The second-order valence-corrected chi connectivity index (χ2v) is 5.28. The lowest BCUT2D eigenvalue weighted by molar-refractivity contribution is 0.436. The SMILES string of the molecule is CC(C)c1ccc(-c2onc(N)c2-c2ccncc2)cc1. The molecule has 0 saturated carbocycles. The van der Waals surface area contributed by atoms with Crippen molar-refractivity contribution in [2.75, 3.05) is 5.73 Å². The van der Waals surface area contributed by atoms with E-state index in [0.29, 0.717) is 17.5 Å². The Bertz CT molecular complexity index is 730. The van der Waals surface area contributed by atoms with Gasteiger partial charge in [0.1, 0.15) is 0 Å². The van der Waals surface area contributed by atoms with Gasteiger partial charge in [-0.05, 0) is 29.2 Å². The first kappa shape index (κ1) is 13.4. The molecule has 0 fully saturated rings. The first-order valence-electron chi connectivity index (χ1n) is 6.92. The normalized spacial score (nSPS) is 11.0. The first-order chi connectivity index (χ1) is 10.2. The number of hydrogen-bond donors (Lipinski definition) is 1. The first-order valence-corrected chi connectivity index (χ1v) is 6.92. The van der Waals surface area contributed by atoms with Gasteiger partial charge < -0.3 is 10.3 Å². The van der Waals surface area contributed by atoms with E-state index in [1.807, 2.05) is 24.3 Å². The fourth-order valence-electron chi connectivity index (χ4n) is 2.32. The molecule has 0 atom stereocenters. The Hall–Kier alpha value is -2.62. The summed E-state index contributed by atoms with van der Waals surface area (Å²) in [6.07, 6.45) is 3.46. The minimum Gasteiger partial charge on any atom is -0.380 e. The van der Waals surface area contributed by atoms with Crippen LogP contribution in [0, 0.1) is 0 Å². The van der Waals surface area contributed by atoms with E-state index < -0.39 is 0 Å². The molecule has 1 aromatic carbocycles. The van der Waals surface area contributed by atoms with Gasteiger partial charge in [0.25, 0.3) is 0 Å². The quantitative estimate of drug-likeness (QED) is 0.783. The Labute approximate surface area is 123 Å². The Morgan fingerprint density at radius 2 is 1.62 bits per heavy atom. The van der Waals surface area contributed by atoms with Crippen LogP contribution < -0.4 is 5.73 Å². The Kier molecular flexibility index (Phi) is 3.44. The number of benzene rings is 1. The molecule has 3 aromatic rings. The smallest absolute Gasteiger partial charge is 0.176 e. The molecule has 2 aromatic heterocycles. The molecule has 2 heterocycles. The number of hydrogen-bond acceptors (Lipinski definition) is 4. The zero-order chi connectivity index (χ0) is 14.8. The number of nitrogens with zero attached hydrogens (tertiary/aromatic N) is 2. The number of rotatable bonds is 3. The summed E-state index contributed by atoms with van der Waals surface area (Å²) < 4.78 is 5.44. The largest absolute Gasteiger partial charge is 0.380 e. The van der Waals surface area contributed by atoms with Gasteiger partial charge >= 0.3 is 0 Å². The number of nitrogen functional groups attached to an aromatic ring is 1. The molecule has 2 N–H and O–H groups in total. The summed E-state index contributed by atoms with van der Waals surface area (Å²) in [4.78, 5) is 4.03. The molecule has 4 heteroatoms. The maximum Gasteiger partial charge on any atom is 0.176 e. The van der Waals surface area contributed by atoms with Gasteiger partial charge in [-0.25, -0.2) is 0 Å². The van der Waals surface area contributed by atoms with Gasteiger partial charge in [0.15, 0.2) is 11.6 Å². The molecule has 0 unspecified atom stereocenters. The third-order valence-electron chi connectivity index (χ3n) is 3.53. The van der Waals surface area contributed by atoms with Crippen molar-refractivity contribution in [3.05, 3.63) is 54.4 Å². The number of aromatic nitrogens is 2. The van der Waals surface area contributed by atoms with E-state index >= 15 is 0 Å². The Balaban J connectivity index is 2.08. The van der Waals surface area contributed by atoms with Crippen LogP contribution in [0.1, 0.15) is 25.3 Å². The molecular formula is C17H17N3O. The summed E-state index contributed by atoms with van der Waals surface area (Å²) in [6.45, 7) is 4.34. The molecule has 3 rings (SSSR count). The fraction of sp³-hybridized carbons (Fsp3) is 0.176. The van der Waals surface area contributed by atoms with E-state index in [2.05, 4.69) is 36.1 Å². The molecule has 106 valence electrons. The van der Waals surface area contributed by atoms with Crippen LogP contribution in [0.25, 0.3) is 22.5 Å². The fourth-order valence-corrected chi connectivity index (χ4v) is 2.32. The van der Waals surface area contributed by atoms with Crippen molar-refractivity contribution in [3.63, 3.8) is 0 Å². The molecule has 4 nitrogen and oxygen atoms in total. The minimum absolute atomic E-state index is 0.393. The van der Waals surface area contributed by atoms with Gasteiger partial charge in [0.2, 0.25) is 0 Å². The average Bonchev–Trinajstić information content (AvgIpc) is 2.90. The monoisotopic (exact) mass is 279 g/mol. The van der Waals surface area contributed by atoms with Crippen molar-refractivity contribution in [1.82, 2.24) is 10.1 Å². The summed E-state index contributed by atoms with van der Waals surface area (Å²) in [5, 5.41) is 3.91. The van der Waals surface area contributed by atoms with Crippen LogP contribution in [0.4, 0.5) is 5.82 Å². The third kappa shape index (κ3) is 2.52. The molecule has 0 saturated heterocycles. The lowest BCUT2D eigenvalue weighted by atomic mass is 9.98. The van der Waals surface area contributed by atoms with Crippen LogP contribution in [-0.2, 0) is 0 Å². The Morgan fingerprint density at radius 3 is 2.24 bits per heavy atom. The molecule has 0 aliphatic rings. The van der Waals surface area contributed by atoms with Gasteiger partial charge in [0, 0.05) is 18.0 Å². The van der Waals surface area contributed by atoms with Crippen molar-refractivity contribution in [1.29, 1.82) is 0 Å². The van der Waals surface area contributed by atoms with Crippen LogP contribution in [0.3, 0.4) is 0 Å². The lowest BCUT2D eigenvalue weighted by Gasteiger charge is -2.06. The van der Waals surface area contributed by atoms with E-state index in [1.54, 1.807) is 12.4 Å². The summed E-state index contributed by atoms with van der Waals surface area (Å²) in [7, 11) is 0. The van der Waals surface area contributed by atoms with Crippen molar-refractivity contribution in [3.8, 4) is 22.5 Å². The maximum absolute atomic E-state index is 5.96. The lowest BCUT2D eigenvalue weighted by Crippen LogP contribution is -1.90. The van der Waals surface area contributed by atoms with Crippen molar-refractivity contribution in [2.45, 2.75) is 19.8 Å². The third-order valence-corrected chi connectivity index (χ3v) is 3.53. The van der Waals surface area contributed by atoms with Crippen molar-refractivity contribution >= 4 is 5.82 Å². The molecule has 0 spiro atoms. The van der Waals surface area contributed by atoms with E-state index in [1.165, 1.54) is 5.56 Å². The second kappa shape index (κ2) is 5.40. The van der Waals surface area contributed by atoms with Gasteiger partial charge in [-0.1, -0.05) is 43.3 Å². The van der Waals surface area contributed by atoms with Crippen molar-refractivity contribution < 1.29 is 4.52 Å². The number of pyridine rings is 1. The maximum atomic E-state index is 5.96. The highest BCUT2D eigenvalue weighted by molar-refractivity contribution is 5.86. The number of nitrogens with two attached hydrogens (primary N) is 1. The van der Waals surface area contributed by atoms with Gasteiger partial charge in [-0.3, -0.25) is 4.98 Å². The van der Waals surface area contributed by atoms with Crippen molar-refractivity contribution in [2.24, 2.45) is 0 Å². The molecule has 21 heavy (non-hydrogen) atoms. The van der Waals surface area contributed by atoms with Gasteiger partial charge in [-0.2, -0.15) is 0 Å². The topological polar surface area (TPSA) is 64.9 Å². The van der Waals surface area contributed by atoms with E-state index in [0.717, 1.165) is 16.7 Å². The summed E-state index contributed by atoms with van der Waals surface area (Å²) in [6, 6.07) is 12.1. The van der Waals surface area contributed by atoms with Crippen LogP contribution in [-0.4, -0.2) is 10.1 Å². The van der Waals surface area contributed by atoms with E-state index in [4.69, 9.17) is 10.3 Å². The second-order valence-electron chi connectivity index (χ2n) is 5.28. The van der Waals surface area contributed by atoms with E-state index in [9.17, 15) is 0 Å². The van der Waals surface area contributed by atoms with Crippen LogP contribution in [0.2, 0.25) is 0 Å². The molecule has 0 radical (unpaired) electrons. The molecular weight excluding hydrogens is 262 g/mol. The van der Waals surface area contributed by atoms with E-state index in [-0.39, 0.29) is 0 Å². The van der Waals surface area contributed by atoms with Gasteiger partial charge in [0.05, 0.1) is 5.56 Å². The van der Waals surface area contributed by atoms with Crippen LogP contribution in [0.5, 0.6) is 0 Å². The summed E-state index contributed by atoms with van der Waals surface area (Å²) >= 11 is 0. The van der Waals surface area contributed by atoms with Gasteiger partial charge in [-0.15, -0.1) is 0 Å². The molecule has 0 aliphatic heterocycles. The molecule has 0 amide bonds. The summed E-state index contributed by atoms with van der Waals surface area (Å²) in [5.41, 5.74) is 9.99. The molecule has 0 bridgehead atoms. The highest BCUT2D eigenvalue weighted by Crippen LogP contribution is 2.36. The van der Waals surface area contributed by atoms with Crippen LogP contribution >= 0.6 is 0 Å². The minimum atomic E-state index is 0.393. The predicted octanol–water partition coefficient (Wildman–Crippen LogP) is 4.11. The zero-order valence-corrected chi connectivity index (χ0v) is 12.1. The number of anilines is 1. The van der Waals surface area contributed by atoms with Crippen LogP contribution in [0.15, 0.2) is 53.3 Å².